The van der Waals surface area contributed by atoms with Gasteiger partial charge in [-0.2, -0.15) is 0 Å². The van der Waals surface area contributed by atoms with Gasteiger partial charge in [0, 0.05) is 31.1 Å². The predicted molar refractivity (Wildman–Crippen MR) is 112 cm³/mol. The number of nitrogens with zero attached hydrogens (tertiary/aromatic N) is 2. The summed E-state index contributed by atoms with van der Waals surface area (Å²) in [7, 11) is 0. The average molecular weight is 464 g/mol. The number of halogens is 1. The van der Waals surface area contributed by atoms with Crippen LogP contribution in [0.5, 0.6) is 5.75 Å². The minimum absolute atomic E-state index is 0.0404. The lowest BCUT2D eigenvalue weighted by molar-refractivity contribution is -0.137. The Morgan fingerprint density at radius 2 is 2.00 bits per heavy atom. The Hall–Kier alpha value is -3.54. The smallest absolute Gasteiger partial charge is 0.355 e. The molecule has 3 rings (SSSR count). The number of ether oxygens (including phenoxy) is 1. The number of aromatic nitrogens is 1. The number of thiazole rings is 1. The molecule has 2 aromatic rings. The Bertz CT molecular complexity index is 1030. The van der Waals surface area contributed by atoms with E-state index in [0.29, 0.717) is 31.1 Å². The zero-order valence-corrected chi connectivity index (χ0v) is 17.7. The van der Waals surface area contributed by atoms with Crippen molar-refractivity contribution in [3.05, 3.63) is 40.7 Å². The first-order valence-corrected chi connectivity index (χ1v) is 10.6. The van der Waals surface area contributed by atoms with Crippen molar-refractivity contribution >= 4 is 40.2 Å². The molecule has 1 saturated heterocycles. The molecule has 0 spiro atoms. The van der Waals surface area contributed by atoms with E-state index in [-0.39, 0.29) is 41.0 Å². The van der Waals surface area contributed by atoms with Gasteiger partial charge in [0.15, 0.2) is 16.7 Å². The van der Waals surface area contributed by atoms with Crippen LogP contribution in [0, 0.1) is 11.7 Å². The summed E-state index contributed by atoms with van der Waals surface area (Å²) in [6.07, 6.45) is 2.34. The van der Waals surface area contributed by atoms with Crippen LogP contribution >= 0.6 is 11.3 Å². The maximum Gasteiger partial charge on any atom is 0.355 e. The van der Waals surface area contributed by atoms with Crippen LogP contribution in [0.1, 0.15) is 39.3 Å². The summed E-state index contributed by atoms with van der Waals surface area (Å²) in [4.78, 5) is 52.4. The molecule has 1 aromatic carbocycles. The van der Waals surface area contributed by atoms with E-state index in [4.69, 9.17) is 15.6 Å². The van der Waals surface area contributed by atoms with E-state index >= 15 is 0 Å². The normalized spacial score (nSPS) is 14.1. The Labute approximate surface area is 186 Å². The number of carbonyl (C=O) groups is 4. The maximum atomic E-state index is 14.0. The number of benzene rings is 1. The highest BCUT2D eigenvalue weighted by atomic mass is 32.1. The van der Waals surface area contributed by atoms with Crippen molar-refractivity contribution in [1.29, 1.82) is 0 Å². The molecule has 0 radical (unpaired) electrons. The molecule has 170 valence electrons. The minimum atomic E-state index is -0.969. The number of carbonyl (C=O) groups excluding carboxylic acids is 3. The fourth-order valence-corrected chi connectivity index (χ4v) is 4.01. The summed E-state index contributed by atoms with van der Waals surface area (Å²) in [5.74, 6) is -4.14. The third kappa shape index (κ3) is 5.78. The number of primary amides is 1. The number of nitrogens with two attached hydrogens (primary N) is 1. The summed E-state index contributed by atoms with van der Waals surface area (Å²) in [5.41, 5.74) is 5.05. The Morgan fingerprint density at radius 1 is 1.28 bits per heavy atom. The zero-order chi connectivity index (χ0) is 23.3. The van der Waals surface area contributed by atoms with Crippen molar-refractivity contribution in [3.8, 4) is 5.75 Å². The highest BCUT2D eigenvalue weighted by Crippen LogP contribution is 2.29. The van der Waals surface area contributed by atoms with E-state index in [9.17, 15) is 23.6 Å². The largest absolute Gasteiger partial charge is 0.481 e. The molecular weight excluding hydrogens is 443 g/mol. The molecule has 32 heavy (non-hydrogen) atoms. The van der Waals surface area contributed by atoms with Crippen molar-refractivity contribution < 1.29 is 33.4 Å². The molecule has 1 aliphatic heterocycles. The van der Waals surface area contributed by atoms with Gasteiger partial charge in [0.25, 0.3) is 0 Å². The third-order valence-corrected chi connectivity index (χ3v) is 5.93. The molecule has 12 heteroatoms. The molecular formula is C20H21FN4O6S. The van der Waals surface area contributed by atoms with Crippen LogP contribution < -0.4 is 20.7 Å². The van der Waals surface area contributed by atoms with E-state index in [2.05, 4.69) is 10.3 Å². The Balaban J connectivity index is 1.54. The number of rotatable bonds is 8. The number of carboxylic acid groups (broad SMARTS) is 1. The van der Waals surface area contributed by atoms with Crippen LogP contribution in [0.25, 0.3) is 0 Å². The molecule has 2 heterocycles. The lowest BCUT2D eigenvalue weighted by Gasteiger charge is -2.30. The van der Waals surface area contributed by atoms with Crippen molar-refractivity contribution in [1.82, 2.24) is 10.3 Å². The van der Waals surface area contributed by atoms with Gasteiger partial charge in [-0.25, -0.2) is 14.2 Å². The van der Waals surface area contributed by atoms with Gasteiger partial charge in [-0.1, -0.05) is 11.3 Å². The van der Waals surface area contributed by atoms with Crippen LogP contribution in [-0.2, 0) is 9.59 Å². The Kier molecular flexibility index (Phi) is 7.36. The van der Waals surface area contributed by atoms with Gasteiger partial charge in [0.2, 0.25) is 11.8 Å². The van der Waals surface area contributed by atoms with E-state index in [1.54, 1.807) is 0 Å². The molecule has 1 fully saturated rings. The first kappa shape index (κ1) is 23.1. The summed E-state index contributed by atoms with van der Waals surface area (Å²) >= 11 is 1.09. The molecule has 2 amide bonds. The predicted octanol–water partition coefficient (Wildman–Crippen LogP) is 1.41. The average Bonchev–Trinajstić information content (AvgIpc) is 3.25. The maximum absolute atomic E-state index is 14.0. The van der Waals surface area contributed by atoms with Crippen molar-refractivity contribution in [2.75, 3.05) is 24.5 Å². The monoisotopic (exact) mass is 464 g/mol. The first-order valence-electron chi connectivity index (χ1n) is 9.76. The number of nitrogens with one attached hydrogen (secondary N) is 1. The van der Waals surface area contributed by atoms with Gasteiger partial charge < -0.3 is 25.8 Å². The molecule has 4 N–H and O–H groups in total. The number of hydrogen-bond donors (Lipinski definition) is 3. The van der Waals surface area contributed by atoms with E-state index in [1.165, 1.54) is 12.3 Å². The summed E-state index contributed by atoms with van der Waals surface area (Å²) < 4.78 is 19.1. The number of anilines is 1. The molecule has 0 atom stereocenters. The lowest BCUT2D eigenvalue weighted by atomic mass is 9.96. The van der Waals surface area contributed by atoms with Crippen LogP contribution in [0.15, 0.2) is 24.4 Å². The van der Waals surface area contributed by atoms with Gasteiger partial charge in [0.1, 0.15) is 4.88 Å². The molecule has 10 nitrogen and oxygen atoms in total. The minimum Gasteiger partial charge on any atom is -0.481 e. The highest BCUT2D eigenvalue weighted by molar-refractivity contribution is 7.17. The fraction of sp³-hybridized carbons (Fsp3) is 0.350. The van der Waals surface area contributed by atoms with E-state index in [1.807, 2.05) is 4.90 Å². The number of carboxylic acids is 1. The summed E-state index contributed by atoms with van der Waals surface area (Å²) in [6, 6.07) is 3.31. The molecule has 1 aromatic heterocycles. The van der Waals surface area contributed by atoms with E-state index in [0.717, 1.165) is 23.5 Å². The zero-order valence-electron chi connectivity index (χ0n) is 16.9. The van der Waals surface area contributed by atoms with Gasteiger partial charge in [0.05, 0.1) is 12.6 Å². The summed E-state index contributed by atoms with van der Waals surface area (Å²) in [6.45, 7) is 1.18. The Morgan fingerprint density at radius 3 is 2.62 bits per heavy atom. The van der Waals surface area contributed by atoms with Gasteiger partial charge in [-0.3, -0.25) is 14.4 Å². The number of hydrogen-bond acceptors (Lipinski definition) is 8. The standard InChI is InChI=1S/C20H21FN4O6S/c21-13-9-12(17(22)28)1-2-14(13)31-19(30)15-10-24-20(32-15)25-7-4-11(5-8-25)18(29)23-6-3-16(26)27/h1-2,9-11H,3-8H2,(H2,22,28)(H,23,29)(H,26,27). The number of esters is 1. The topological polar surface area (TPSA) is 152 Å². The van der Waals surface area contributed by atoms with Gasteiger partial charge >= 0.3 is 11.9 Å². The van der Waals surface area contributed by atoms with Gasteiger partial charge in [-0.05, 0) is 31.0 Å². The third-order valence-electron chi connectivity index (χ3n) is 4.89. The fourth-order valence-electron chi connectivity index (χ4n) is 3.16. The van der Waals surface area contributed by atoms with Crippen LogP contribution in [0.4, 0.5) is 9.52 Å². The summed E-state index contributed by atoms with van der Waals surface area (Å²) in [5, 5.41) is 11.8. The van der Waals surface area contributed by atoms with Crippen molar-refractivity contribution in [2.24, 2.45) is 11.7 Å². The van der Waals surface area contributed by atoms with Gasteiger partial charge in [-0.15, -0.1) is 0 Å². The SMILES string of the molecule is NC(=O)c1ccc(OC(=O)c2cnc(N3CCC(C(=O)NCCC(=O)O)CC3)s2)c(F)c1. The molecule has 1 aliphatic rings. The number of piperidine rings is 1. The molecule has 0 bridgehead atoms. The first-order chi connectivity index (χ1) is 15.2. The van der Waals surface area contributed by atoms with Crippen LogP contribution in [-0.4, -0.2) is 53.5 Å². The van der Waals surface area contributed by atoms with Crippen molar-refractivity contribution in [3.63, 3.8) is 0 Å². The second-order valence-electron chi connectivity index (χ2n) is 7.10. The number of amides is 2. The molecule has 0 saturated carbocycles. The number of aliphatic carboxylic acids is 1. The van der Waals surface area contributed by atoms with Crippen molar-refractivity contribution in [2.45, 2.75) is 19.3 Å². The van der Waals surface area contributed by atoms with E-state index < -0.39 is 23.7 Å². The molecule has 0 aliphatic carbocycles. The second kappa shape index (κ2) is 10.2. The van der Waals surface area contributed by atoms with Crippen LogP contribution in [0.2, 0.25) is 0 Å². The second-order valence-corrected chi connectivity index (χ2v) is 8.11. The van der Waals surface area contributed by atoms with Crippen LogP contribution in [0.3, 0.4) is 0 Å². The highest BCUT2D eigenvalue weighted by Gasteiger charge is 2.27. The quantitative estimate of drug-likeness (QED) is 0.392. The molecule has 0 unspecified atom stereocenters. The lowest BCUT2D eigenvalue weighted by Crippen LogP contribution is -2.41.